The molecule has 2 aliphatic rings. The Morgan fingerprint density at radius 1 is 1.10 bits per heavy atom. The van der Waals surface area contributed by atoms with E-state index >= 15 is 0 Å². The first-order valence-electron chi connectivity index (χ1n) is 13.2. The lowest BCUT2D eigenvalue weighted by Gasteiger charge is -2.27. The van der Waals surface area contributed by atoms with Crippen molar-refractivity contribution >= 4 is 15.7 Å². The standard InChI is InChI=1S/C29H31F3N4O3S/c1-4-40(38,39)23-9-10-24(33-15-23)28(11-12-28)35-27(37)20-13-21-17-36(26(18(2)3)25(21)34-14-20)16-19-5-7-22(8-6-19)29(30,31)32/h5-10,13-15,18,26H,4,11-12,16-17H2,1-3H3,(H,35,37). The molecule has 1 saturated carbocycles. The van der Waals surface area contributed by atoms with E-state index in [9.17, 15) is 26.4 Å². The van der Waals surface area contributed by atoms with Crippen molar-refractivity contribution in [2.45, 2.75) is 69.4 Å². The molecular formula is C29H31F3N4O3S. The first-order chi connectivity index (χ1) is 18.8. The fourth-order valence-corrected chi connectivity index (χ4v) is 6.15. The van der Waals surface area contributed by atoms with Crippen LogP contribution in [-0.2, 0) is 34.6 Å². The van der Waals surface area contributed by atoms with E-state index in [0.29, 0.717) is 37.2 Å². The molecule has 0 bridgehead atoms. The molecule has 3 aromatic rings. The maximum atomic E-state index is 13.3. The second-order valence-electron chi connectivity index (χ2n) is 10.9. The minimum Gasteiger partial charge on any atom is -0.341 e. The maximum Gasteiger partial charge on any atom is 0.416 e. The summed E-state index contributed by atoms with van der Waals surface area (Å²) in [6.07, 6.45) is -0.0844. The number of amides is 1. The summed E-state index contributed by atoms with van der Waals surface area (Å²) >= 11 is 0. The zero-order valence-corrected chi connectivity index (χ0v) is 23.3. The summed E-state index contributed by atoms with van der Waals surface area (Å²) in [6.45, 7) is 6.70. The highest BCUT2D eigenvalue weighted by Gasteiger charge is 2.47. The van der Waals surface area contributed by atoms with Crippen molar-refractivity contribution in [3.63, 3.8) is 0 Å². The third-order valence-corrected chi connectivity index (χ3v) is 9.40. The molecule has 1 aliphatic heterocycles. The molecule has 0 radical (unpaired) electrons. The van der Waals surface area contributed by atoms with Crippen molar-refractivity contribution < 1.29 is 26.4 Å². The largest absolute Gasteiger partial charge is 0.416 e. The molecule has 1 aliphatic carbocycles. The van der Waals surface area contributed by atoms with Gasteiger partial charge in [0.25, 0.3) is 5.91 Å². The van der Waals surface area contributed by atoms with Crippen LogP contribution in [-0.4, -0.2) is 34.9 Å². The van der Waals surface area contributed by atoms with Gasteiger partial charge in [-0.2, -0.15) is 13.2 Å². The smallest absolute Gasteiger partial charge is 0.341 e. The molecule has 2 aromatic heterocycles. The van der Waals surface area contributed by atoms with Crippen LogP contribution in [0.5, 0.6) is 0 Å². The molecule has 1 amide bonds. The Morgan fingerprint density at radius 2 is 1.80 bits per heavy atom. The number of carbonyl (C=O) groups excluding carboxylic acids is 1. The number of pyridine rings is 2. The van der Waals surface area contributed by atoms with Gasteiger partial charge in [0.15, 0.2) is 9.84 Å². The minimum absolute atomic E-state index is 0.0132. The molecule has 1 aromatic carbocycles. The Hall–Kier alpha value is -3.31. The number of halogens is 3. The third-order valence-electron chi connectivity index (χ3n) is 7.68. The number of alkyl halides is 3. The van der Waals surface area contributed by atoms with E-state index in [1.54, 1.807) is 19.2 Å². The molecule has 7 nitrogen and oxygen atoms in total. The predicted octanol–water partition coefficient (Wildman–Crippen LogP) is 5.42. The van der Waals surface area contributed by atoms with Gasteiger partial charge in [0.2, 0.25) is 0 Å². The number of nitrogens with zero attached hydrogens (tertiary/aromatic N) is 3. The second kappa shape index (κ2) is 10.3. The Kier molecular flexibility index (Phi) is 7.24. The van der Waals surface area contributed by atoms with Gasteiger partial charge in [-0.3, -0.25) is 19.7 Å². The summed E-state index contributed by atoms with van der Waals surface area (Å²) in [7, 11) is -3.36. The van der Waals surface area contributed by atoms with E-state index < -0.39 is 27.1 Å². The lowest BCUT2D eigenvalue weighted by atomic mass is 9.99. The zero-order valence-electron chi connectivity index (χ0n) is 22.5. The first-order valence-corrected chi connectivity index (χ1v) is 14.9. The predicted molar refractivity (Wildman–Crippen MR) is 143 cm³/mol. The van der Waals surface area contributed by atoms with Gasteiger partial charge < -0.3 is 5.32 Å². The number of fused-ring (bicyclic) bond motifs is 1. The van der Waals surface area contributed by atoms with Crippen LogP contribution < -0.4 is 5.32 Å². The van der Waals surface area contributed by atoms with Gasteiger partial charge in [-0.25, -0.2) is 8.42 Å². The van der Waals surface area contributed by atoms with Crippen molar-refractivity contribution in [2.75, 3.05) is 5.75 Å². The van der Waals surface area contributed by atoms with Gasteiger partial charge in [0, 0.05) is 25.5 Å². The third kappa shape index (κ3) is 5.49. The highest BCUT2D eigenvalue weighted by molar-refractivity contribution is 7.91. The van der Waals surface area contributed by atoms with Crippen molar-refractivity contribution in [2.24, 2.45) is 5.92 Å². The molecule has 5 rings (SSSR count). The number of hydrogen-bond donors (Lipinski definition) is 1. The molecule has 1 fully saturated rings. The average molecular weight is 573 g/mol. The Balaban J connectivity index is 1.31. The molecule has 1 N–H and O–H groups in total. The Labute approximate surface area is 231 Å². The van der Waals surface area contributed by atoms with Gasteiger partial charge in [-0.1, -0.05) is 32.9 Å². The van der Waals surface area contributed by atoms with Gasteiger partial charge >= 0.3 is 6.18 Å². The number of rotatable bonds is 8. The van der Waals surface area contributed by atoms with Gasteiger partial charge in [-0.05, 0) is 60.2 Å². The highest BCUT2D eigenvalue weighted by atomic mass is 32.2. The van der Waals surface area contributed by atoms with Crippen LogP contribution in [0.2, 0.25) is 0 Å². The summed E-state index contributed by atoms with van der Waals surface area (Å²) in [5, 5.41) is 3.07. The van der Waals surface area contributed by atoms with E-state index in [2.05, 4.69) is 34.0 Å². The molecule has 40 heavy (non-hydrogen) atoms. The molecule has 1 atom stereocenters. The molecular weight excluding hydrogens is 541 g/mol. The topological polar surface area (TPSA) is 92.3 Å². The summed E-state index contributed by atoms with van der Waals surface area (Å²) in [4.78, 5) is 24.6. The van der Waals surface area contributed by atoms with Gasteiger partial charge in [0.05, 0.1) is 44.7 Å². The average Bonchev–Trinajstić information content (AvgIpc) is 3.60. The van der Waals surface area contributed by atoms with Crippen molar-refractivity contribution in [3.8, 4) is 0 Å². The minimum atomic E-state index is -4.38. The van der Waals surface area contributed by atoms with Crippen molar-refractivity contribution in [1.29, 1.82) is 0 Å². The maximum absolute atomic E-state index is 13.3. The summed E-state index contributed by atoms with van der Waals surface area (Å²) in [5.74, 6) is -0.106. The molecule has 0 spiro atoms. The lowest BCUT2D eigenvalue weighted by molar-refractivity contribution is -0.137. The van der Waals surface area contributed by atoms with E-state index in [1.807, 2.05) is 6.07 Å². The van der Waals surface area contributed by atoms with Crippen molar-refractivity contribution in [3.05, 3.63) is 88.5 Å². The van der Waals surface area contributed by atoms with Gasteiger partial charge in [0.1, 0.15) is 0 Å². The van der Waals surface area contributed by atoms with Crippen LogP contribution in [0.4, 0.5) is 13.2 Å². The zero-order chi connectivity index (χ0) is 28.9. The number of hydrogen-bond acceptors (Lipinski definition) is 6. The van der Waals surface area contributed by atoms with Crippen LogP contribution in [0.3, 0.4) is 0 Å². The summed E-state index contributed by atoms with van der Waals surface area (Å²) < 4.78 is 63.1. The normalized spacial score (nSPS) is 18.5. The number of benzene rings is 1. The number of nitrogens with one attached hydrogen (secondary N) is 1. The lowest BCUT2D eigenvalue weighted by Crippen LogP contribution is -2.35. The second-order valence-corrected chi connectivity index (χ2v) is 13.2. The highest BCUT2D eigenvalue weighted by Crippen LogP contribution is 2.45. The van der Waals surface area contributed by atoms with E-state index in [1.165, 1.54) is 24.4 Å². The Bertz CT molecular complexity index is 1520. The fraction of sp³-hybridized carbons (Fsp3) is 0.414. The number of aromatic nitrogens is 2. The number of sulfone groups is 1. The SMILES string of the molecule is CCS(=O)(=O)c1ccc(C2(NC(=O)c3cnc4c(c3)CN(Cc3ccc(C(F)(F)F)cc3)C4C(C)C)CC2)nc1. The molecule has 11 heteroatoms. The first kappa shape index (κ1) is 28.2. The molecule has 212 valence electrons. The van der Waals surface area contributed by atoms with Crippen LogP contribution in [0.1, 0.15) is 78.1 Å². The Morgan fingerprint density at radius 3 is 2.35 bits per heavy atom. The monoisotopic (exact) mass is 572 g/mol. The van der Waals surface area contributed by atoms with Gasteiger partial charge in [-0.15, -0.1) is 0 Å². The molecule has 1 unspecified atom stereocenters. The van der Waals surface area contributed by atoms with E-state index in [-0.39, 0.29) is 28.5 Å². The quantitative estimate of drug-likeness (QED) is 0.388. The number of carbonyl (C=O) groups is 1. The molecule has 0 saturated heterocycles. The van der Waals surface area contributed by atoms with Crippen LogP contribution in [0.25, 0.3) is 0 Å². The summed E-state index contributed by atoms with van der Waals surface area (Å²) in [6, 6.07) is 10.2. The van der Waals surface area contributed by atoms with E-state index in [4.69, 9.17) is 0 Å². The van der Waals surface area contributed by atoms with Crippen LogP contribution >= 0.6 is 0 Å². The van der Waals surface area contributed by atoms with Crippen molar-refractivity contribution in [1.82, 2.24) is 20.2 Å². The fourth-order valence-electron chi connectivity index (χ4n) is 5.33. The van der Waals surface area contributed by atoms with Crippen LogP contribution in [0.15, 0.2) is 59.8 Å². The summed E-state index contributed by atoms with van der Waals surface area (Å²) in [5.41, 5.74) is 2.26. The van der Waals surface area contributed by atoms with E-state index in [0.717, 1.165) is 29.0 Å². The van der Waals surface area contributed by atoms with Crippen LogP contribution in [0, 0.1) is 5.92 Å². The molecule has 3 heterocycles.